The van der Waals surface area contributed by atoms with Gasteiger partial charge in [0.15, 0.2) is 5.69 Å². The molecule has 0 aliphatic rings. The molecule has 1 aromatic carbocycles. The van der Waals surface area contributed by atoms with E-state index in [-0.39, 0.29) is 17.0 Å². The van der Waals surface area contributed by atoms with Gasteiger partial charge < -0.3 is 5.32 Å². The second-order valence-corrected chi connectivity index (χ2v) is 5.37. The van der Waals surface area contributed by atoms with Crippen molar-refractivity contribution in [3.05, 3.63) is 46.7 Å². The van der Waals surface area contributed by atoms with Crippen molar-refractivity contribution >= 4 is 17.5 Å². The molecule has 6 heteroatoms. The van der Waals surface area contributed by atoms with Gasteiger partial charge in [0.2, 0.25) is 0 Å². The van der Waals surface area contributed by atoms with Crippen molar-refractivity contribution < 1.29 is 4.79 Å². The van der Waals surface area contributed by atoms with Gasteiger partial charge in [-0.3, -0.25) is 4.79 Å². The number of hydrogen-bond donors (Lipinski definition) is 2. The normalized spacial score (nSPS) is 11.3. The summed E-state index contributed by atoms with van der Waals surface area (Å²) in [6.07, 6.45) is 1.39. The van der Waals surface area contributed by atoms with Gasteiger partial charge in [-0.25, -0.2) is 0 Å². The van der Waals surface area contributed by atoms with E-state index in [1.807, 2.05) is 24.3 Å². The highest BCUT2D eigenvalue weighted by atomic mass is 35.5. The maximum Gasteiger partial charge on any atom is 0.273 e. The van der Waals surface area contributed by atoms with Crippen molar-refractivity contribution in [2.75, 3.05) is 6.54 Å². The molecule has 0 spiro atoms. The Bertz CT molecular complexity index is 549. The Kier molecular flexibility index (Phi) is 3.85. The predicted molar refractivity (Wildman–Crippen MR) is 73.2 cm³/mol. The topological polar surface area (TPSA) is 70.7 Å². The van der Waals surface area contributed by atoms with Crippen LogP contribution in [0.15, 0.2) is 30.5 Å². The van der Waals surface area contributed by atoms with Crippen LogP contribution >= 0.6 is 11.6 Å². The zero-order valence-electron chi connectivity index (χ0n) is 10.8. The Morgan fingerprint density at radius 2 is 2.05 bits per heavy atom. The number of H-pyrrole nitrogens is 1. The van der Waals surface area contributed by atoms with Gasteiger partial charge in [0.25, 0.3) is 5.91 Å². The number of nitrogens with one attached hydrogen (secondary N) is 2. The number of rotatable bonds is 4. The third-order valence-corrected chi connectivity index (χ3v) is 3.22. The molecule has 0 saturated heterocycles. The van der Waals surface area contributed by atoms with E-state index in [0.717, 1.165) is 5.56 Å². The van der Waals surface area contributed by atoms with Crippen molar-refractivity contribution in [1.29, 1.82) is 0 Å². The Labute approximate surface area is 116 Å². The first-order valence-electron chi connectivity index (χ1n) is 5.89. The van der Waals surface area contributed by atoms with Crippen LogP contribution in [0, 0.1) is 0 Å². The quantitative estimate of drug-likeness (QED) is 0.900. The largest absolute Gasteiger partial charge is 0.350 e. The summed E-state index contributed by atoms with van der Waals surface area (Å²) < 4.78 is 0. The van der Waals surface area contributed by atoms with Crippen molar-refractivity contribution in [1.82, 2.24) is 20.7 Å². The molecular weight excluding hydrogens is 264 g/mol. The summed E-state index contributed by atoms with van der Waals surface area (Å²) in [7, 11) is 0. The number of benzene rings is 1. The number of hydrogen-bond acceptors (Lipinski definition) is 3. The van der Waals surface area contributed by atoms with Crippen LogP contribution in [0.1, 0.15) is 29.9 Å². The molecule has 0 aliphatic heterocycles. The lowest BCUT2D eigenvalue weighted by Gasteiger charge is -2.25. The Hall–Kier alpha value is -1.88. The molecule has 100 valence electrons. The molecule has 1 aromatic heterocycles. The fourth-order valence-corrected chi connectivity index (χ4v) is 1.83. The van der Waals surface area contributed by atoms with Crippen LogP contribution in [0.25, 0.3) is 0 Å². The van der Waals surface area contributed by atoms with Gasteiger partial charge in [-0.05, 0) is 17.7 Å². The Morgan fingerprint density at radius 1 is 1.37 bits per heavy atom. The maximum absolute atomic E-state index is 11.8. The van der Waals surface area contributed by atoms with Gasteiger partial charge in [0.05, 0.1) is 6.20 Å². The molecule has 1 amide bonds. The average molecular weight is 279 g/mol. The van der Waals surface area contributed by atoms with E-state index in [0.29, 0.717) is 11.6 Å². The fourth-order valence-electron chi connectivity index (χ4n) is 1.71. The van der Waals surface area contributed by atoms with E-state index < -0.39 is 0 Å². The molecule has 2 rings (SSSR count). The van der Waals surface area contributed by atoms with Gasteiger partial charge in [-0.1, -0.05) is 37.6 Å². The van der Waals surface area contributed by atoms with Gasteiger partial charge >= 0.3 is 0 Å². The van der Waals surface area contributed by atoms with Crippen molar-refractivity contribution in [2.45, 2.75) is 19.3 Å². The molecule has 0 unspecified atom stereocenters. The van der Waals surface area contributed by atoms with Gasteiger partial charge in [0, 0.05) is 17.0 Å². The zero-order valence-corrected chi connectivity index (χ0v) is 11.5. The summed E-state index contributed by atoms with van der Waals surface area (Å²) in [6.45, 7) is 4.61. The van der Waals surface area contributed by atoms with E-state index >= 15 is 0 Å². The monoisotopic (exact) mass is 278 g/mol. The molecule has 0 atom stereocenters. The molecule has 1 heterocycles. The SMILES string of the molecule is CC(C)(CNC(=O)c1cn[nH]n1)c1ccc(Cl)cc1. The average Bonchev–Trinajstić information content (AvgIpc) is 2.90. The minimum atomic E-state index is -0.240. The minimum absolute atomic E-state index is 0.190. The van der Waals surface area contributed by atoms with Crippen LogP contribution in [0.3, 0.4) is 0 Å². The van der Waals surface area contributed by atoms with Crippen molar-refractivity contribution in [2.24, 2.45) is 0 Å². The molecule has 19 heavy (non-hydrogen) atoms. The van der Waals surface area contributed by atoms with E-state index in [1.54, 1.807) is 0 Å². The standard InChI is InChI=1S/C13H15ClN4O/c1-13(2,9-3-5-10(14)6-4-9)8-15-12(19)11-7-16-18-17-11/h3-7H,8H2,1-2H3,(H,15,19)(H,16,17,18). The first kappa shape index (κ1) is 13.5. The minimum Gasteiger partial charge on any atom is -0.350 e. The predicted octanol–water partition coefficient (Wildman–Crippen LogP) is 2.17. The highest BCUT2D eigenvalue weighted by Gasteiger charge is 2.22. The van der Waals surface area contributed by atoms with Crippen LogP contribution in [-0.2, 0) is 5.41 Å². The number of carbonyl (C=O) groups excluding carboxylic acids is 1. The first-order chi connectivity index (χ1) is 8.99. The third kappa shape index (κ3) is 3.32. The van der Waals surface area contributed by atoms with Crippen LogP contribution in [0.2, 0.25) is 5.02 Å². The van der Waals surface area contributed by atoms with E-state index in [1.165, 1.54) is 6.20 Å². The smallest absolute Gasteiger partial charge is 0.273 e. The number of amides is 1. The molecule has 5 nitrogen and oxygen atoms in total. The van der Waals surface area contributed by atoms with Crippen LogP contribution in [0.5, 0.6) is 0 Å². The van der Waals surface area contributed by atoms with E-state index in [2.05, 4.69) is 34.6 Å². The maximum atomic E-state index is 11.8. The highest BCUT2D eigenvalue weighted by Crippen LogP contribution is 2.23. The molecule has 0 fully saturated rings. The summed E-state index contributed by atoms with van der Waals surface area (Å²) in [5, 5.41) is 13.3. The molecular formula is C13H15ClN4O. The van der Waals surface area contributed by atoms with Crippen molar-refractivity contribution in [3.8, 4) is 0 Å². The van der Waals surface area contributed by atoms with E-state index in [4.69, 9.17) is 11.6 Å². The number of aromatic nitrogens is 3. The lowest BCUT2D eigenvalue weighted by Crippen LogP contribution is -2.36. The van der Waals surface area contributed by atoms with Crippen LogP contribution < -0.4 is 5.32 Å². The molecule has 0 saturated carbocycles. The summed E-state index contributed by atoms with van der Waals surface area (Å²) in [4.78, 5) is 11.8. The molecule has 2 aromatic rings. The number of carbonyl (C=O) groups is 1. The number of halogens is 1. The van der Waals surface area contributed by atoms with Crippen molar-refractivity contribution in [3.63, 3.8) is 0 Å². The van der Waals surface area contributed by atoms with Gasteiger partial charge in [0.1, 0.15) is 0 Å². The second kappa shape index (κ2) is 5.40. The first-order valence-corrected chi connectivity index (χ1v) is 6.27. The lowest BCUT2D eigenvalue weighted by atomic mass is 9.84. The molecule has 0 bridgehead atoms. The van der Waals surface area contributed by atoms with Gasteiger partial charge in [-0.2, -0.15) is 15.4 Å². The van der Waals surface area contributed by atoms with Crippen LogP contribution in [-0.4, -0.2) is 27.9 Å². The fraction of sp³-hybridized carbons (Fsp3) is 0.308. The van der Waals surface area contributed by atoms with Gasteiger partial charge in [-0.15, -0.1) is 0 Å². The molecule has 0 aliphatic carbocycles. The van der Waals surface area contributed by atoms with Crippen LogP contribution in [0.4, 0.5) is 0 Å². The highest BCUT2D eigenvalue weighted by molar-refractivity contribution is 6.30. The van der Waals surface area contributed by atoms with E-state index in [9.17, 15) is 4.79 Å². The zero-order chi connectivity index (χ0) is 13.9. The molecule has 2 N–H and O–H groups in total. The Balaban J connectivity index is 2.01. The number of aromatic amines is 1. The number of nitrogens with zero attached hydrogens (tertiary/aromatic N) is 2. The third-order valence-electron chi connectivity index (χ3n) is 2.96. The molecule has 0 radical (unpaired) electrons. The summed E-state index contributed by atoms with van der Waals surface area (Å²) in [5.74, 6) is -0.240. The lowest BCUT2D eigenvalue weighted by molar-refractivity contribution is 0.0940. The second-order valence-electron chi connectivity index (χ2n) is 4.93. The summed E-state index contributed by atoms with van der Waals surface area (Å²) >= 11 is 5.87. The summed E-state index contributed by atoms with van der Waals surface area (Å²) in [6, 6.07) is 7.62. The Morgan fingerprint density at radius 3 is 2.63 bits per heavy atom. The summed E-state index contributed by atoms with van der Waals surface area (Å²) in [5.41, 5.74) is 1.20.